The summed E-state index contributed by atoms with van der Waals surface area (Å²) in [4.78, 5) is 12.8. The van der Waals surface area contributed by atoms with E-state index in [0.29, 0.717) is 16.5 Å². The van der Waals surface area contributed by atoms with Crippen LogP contribution in [0.4, 0.5) is 10.3 Å². The van der Waals surface area contributed by atoms with Crippen LogP contribution in [0.2, 0.25) is 5.02 Å². The van der Waals surface area contributed by atoms with Gasteiger partial charge in [-0.25, -0.2) is 9.37 Å². The van der Waals surface area contributed by atoms with Crippen molar-refractivity contribution in [2.75, 3.05) is 5.32 Å². The molecule has 0 amide bonds. The maximum absolute atomic E-state index is 14.2. The summed E-state index contributed by atoms with van der Waals surface area (Å²) in [5.41, 5.74) is 5.71. The lowest BCUT2D eigenvalue weighted by atomic mass is 10.1. The standard InChI is InChI=1S/C24H20ClFN6/c1-14-4-3-5-20(29-14)23-22(15-7-9-21-17(10-15)13-28-32(21)2)30-24(31-23)27-12-16-6-8-18(25)11-19(16)26/h3-11,13H,12H2,1-2H3,(H2,27,30,31). The van der Waals surface area contributed by atoms with Gasteiger partial charge in [-0.05, 0) is 43.3 Å². The molecule has 0 bridgehead atoms. The summed E-state index contributed by atoms with van der Waals surface area (Å²) < 4.78 is 16.0. The van der Waals surface area contributed by atoms with Crippen molar-refractivity contribution >= 4 is 28.5 Å². The molecule has 160 valence electrons. The van der Waals surface area contributed by atoms with E-state index in [-0.39, 0.29) is 12.4 Å². The minimum Gasteiger partial charge on any atom is -0.352 e. The third kappa shape index (κ3) is 3.83. The second-order valence-electron chi connectivity index (χ2n) is 7.60. The quantitative estimate of drug-likeness (QED) is 0.361. The molecule has 6 nitrogen and oxygen atoms in total. The summed E-state index contributed by atoms with van der Waals surface area (Å²) >= 11 is 5.86. The van der Waals surface area contributed by atoms with Crippen molar-refractivity contribution in [2.24, 2.45) is 7.05 Å². The molecule has 3 aromatic heterocycles. The molecule has 0 fully saturated rings. The van der Waals surface area contributed by atoms with Gasteiger partial charge in [-0.15, -0.1) is 0 Å². The number of fused-ring (bicyclic) bond motifs is 1. The number of pyridine rings is 1. The third-order valence-electron chi connectivity index (χ3n) is 5.33. The molecule has 0 saturated heterocycles. The minimum absolute atomic E-state index is 0.262. The maximum atomic E-state index is 14.2. The lowest BCUT2D eigenvalue weighted by Gasteiger charge is -2.05. The Morgan fingerprint density at radius 3 is 2.78 bits per heavy atom. The Morgan fingerprint density at radius 1 is 1.09 bits per heavy atom. The zero-order valence-corrected chi connectivity index (χ0v) is 18.3. The van der Waals surface area contributed by atoms with Gasteiger partial charge in [-0.3, -0.25) is 9.67 Å². The monoisotopic (exact) mass is 446 g/mol. The van der Waals surface area contributed by atoms with E-state index in [0.717, 1.165) is 39.2 Å². The number of nitrogens with zero attached hydrogens (tertiary/aromatic N) is 4. The van der Waals surface area contributed by atoms with Gasteiger partial charge in [0, 0.05) is 40.8 Å². The SMILES string of the molecule is Cc1cccc(-c2[nH]c(NCc3ccc(Cl)cc3F)nc2-c2ccc3c(cnn3C)c2)n1. The van der Waals surface area contributed by atoms with Crippen molar-refractivity contribution in [2.45, 2.75) is 13.5 Å². The molecule has 0 atom stereocenters. The van der Waals surface area contributed by atoms with Crippen molar-refractivity contribution in [1.82, 2.24) is 24.7 Å². The number of aromatic nitrogens is 5. The Hall–Kier alpha value is -3.71. The van der Waals surface area contributed by atoms with E-state index in [1.807, 2.05) is 55.2 Å². The Labute approximate surface area is 189 Å². The predicted molar refractivity (Wildman–Crippen MR) is 125 cm³/mol. The molecule has 3 heterocycles. The van der Waals surface area contributed by atoms with Gasteiger partial charge in [0.15, 0.2) is 0 Å². The van der Waals surface area contributed by atoms with Gasteiger partial charge in [0.25, 0.3) is 0 Å². The Bertz CT molecular complexity index is 1440. The second kappa shape index (κ2) is 8.09. The molecule has 2 N–H and O–H groups in total. The van der Waals surface area contributed by atoms with Gasteiger partial charge in [0.1, 0.15) is 5.82 Å². The molecule has 0 unspecified atom stereocenters. The fourth-order valence-electron chi connectivity index (χ4n) is 3.69. The van der Waals surface area contributed by atoms with Gasteiger partial charge in [0.05, 0.1) is 28.8 Å². The number of nitrogens with one attached hydrogen (secondary N) is 2. The van der Waals surface area contributed by atoms with Crippen molar-refractivity contribution in [3.63, 3.8) is 0 Å². The maximum Gasteiger partial charge on any atom is 0.201 e. The largest absolute Gasteiger partial charge is 0.352 e. The minimum atomic E-state index is -0.362. The van der Waals surface area contributed by atoms with Crippen LogP contribution >= 0.6 is 11.6 Å². The highest BCUT2D eigenvalue weighted by molar-refractivity contribution is 6.30. The number of benzene rings is 2. The van der Waals surface area contributed by atoms with Gasteiger partial charge in [-0.2, -0.15) is 5.10 Å². The second-order valence-corrected chi connectivity index (χ2v) is 8.04. The molecule has 0 saturated carbocycles. The van der Waals surface area contributed by atoms with E-state index in [1.54, 1.807) is 12.1 Å². The first kappa shape index (κ1) is 20.2. The Morgan fingerprint density at radius 2 is 1.97 bits per heavy atom. The van der Waals surface area contributed by atoms with Crippen LogP contribution in [0.15, 0.2) is 60.8 Å². The molecule has 0 spiro atoms. The van der Waals surface area contributed by atoms with Gasteiger partial charge in [0.2, 0.25) is 5.95 Å². The number of hydrogen-bond donors (Lipinski definition) is 2. The number of imidazole rings is 1. The highest BCUT2D eigenvalue weighted by atomic mass is 35.5. The first-order chi connectivity index (χ1) is 15.5. The molecule has 0 aliphatic rings. The van der Waals surface area contributed by atoms with Crippen LogP contribution in [0.25, 0.3) is 33.5 Å². The number of halogens is 2. The Balaban J connectivity index is 1.55. The predicted octanol–water partition coefficient (Wildman–Crippen LogP) is 5.74. The average molecular weight is 447 g/mol. The molecule has 0 radical (unpaired) electrons. The first-order valence-electron chi connectivity index (χ1n) is 10.1. The van der Waals surface area contributed by atoms with Crippen LogP contribution in [-0.2, 0) is 13.6 Å². The van der Waals surface area contributed by atoms with Crippen LogP contribution in [0.5, 0.6) is 0 Å². The summed E-state index contributed by atoms with van der Waals surface area (Å²) in [6.07, 6.45) is 1.83. The van der Waals surface area contributed by atoms with Gasteiger partial charge >= 0.3 is 0 Å². The van der Waals surface area contributed by atoms with E-state index in [1.165, 1.54) is 6.07 Å². The van der Waals surface area contributed by atoms with E-state index < -0.39 is 0 Å². The van der Waals surface area contributed by atoms with Crippen molar-refractivity contribution in [3.05, 3.63) is 82.9 Å². The number of aryl methyl sites for hydroxylation is 2. The van der Waals surface area contributed by atoms with Crippen LogP contribution in [0, 0.1) is 12.7 Å². The van der Waals surface area contributed by atoms with E-state index >= 15 is 0 Å². The van der Waals surface area contributed by atoms with Crippen molar-refractivity contribution < 1.29 is 4.39 Å². The summed E-state index contributed by atoms with van der Waals surface area (Å²) in [6.45, 7) is 2.21. The summed E-state index contributed by atoms with van der Waals surface area (Å²) in [5, 5.41) is 8.90. The number of H-pyrrole nitrogens is 1. The fourth-order valence-corrected chi connectivity index (χ4v) is 3.85. The van der Waals surface area contributed by atoms with Gasteiger partial charge in [-0.1, -0.05) is 29.8 Å². The molecule has 2 aromatic carbocycles. The van der Waals surface area contributed by atoms with E-state index in [2.05, 4.69) is 26.4 Å². The van der Waals surface area contributed by atoms with Gasteiger partial charge < -0.3 is 10.3 Å². The van der Waals surface area contributed by atoms with E-state index in [4.69, 9.17) is 16.6 Å². The zero-order chi connectivity index (χ0) is 22.2. The summed E-state index contributed by atoms with van der Waals surface area (Å²) in [6, 6.07) is 16.6. The van der Waals surface area contributed by atoms with Crippen LogP contribution < -0.4 is 5.32 Å². The lowest BCUT2D eigenvalue weighted by molar-refractivity contribution is 0.613. The molecular weight excluding hydrogens is 427 g/mol. The molecule has 32 heavy (non-hydrogen) atoms. The topological polar surface area (TPSA) is 71.4 Å². The van der Waals surface area contributed by atoms with Crippen LogP contribution in [0.1, 0.15) is 11.3 Å². The van der Waals surface area contributed by atoms with Crippen molar-refractivity contribution in [1.29, 1.82) is 0 Å². The molecule has 0 aliphatic heterocycles. The smallest absolute Gasteiger partial charge is 0.201 e. The lowest BCUT2D eigenvalue weighted by Crippen LogP contribution is -2.03. The number of anilines is 1. The number of hydrogen-bond acceptors (Lipinski definition) is 4. The molecule has 0 aliphatic carbocycles. The van der Waals surface area contributed by atoms with E-state index in [9.17, 15) is 4.39 Å². The zero-order valence-electron chi connectivity index (χ0n) is 17.5. The summed E-state index contributed by atoms with van der Waals surface area (Å²) in [5.74, 6) is 0.165. The Kier molecular flexibility index (Phi) is 5.11. The highest BCUT2D eigenvalue weighted by Crippen LogP contribution is 2.32. The van der Waals surface area contributed by atoms with Crippen molar-refractivity contribution in [3.8, 4) is 22.6 Å². The van der Waals surface area contributed by atoms with Crippen LogP contribution in [-0.4, -0.2) is 24.7 Å². The fraction of sp³-hybridized carbons (Fsp3) is 0.125. The molecular formula is C24H20ClFN6. The number of aromatic amines is 1. The molecule has 8 heteroatoms. The first-order valence-corrected chi connectivity index (χ1v) is 10.5. The summed E-state index contributed by atoms with van der Waals surface area (Å²) in [7, 11) is 1.91. The third-order valence-corrected chi connectivity index (χ3v) is 5.56. The highest BCUT2D eigenvalue weighted by Gasteiger charge is 2.17. The number of rotatable bonds is 5. The average Bonchev–Trinajstić information content (AvgIpc) is 3.37. The molecule has 5 aromatic rings. The normalized spacial score (nSPS) is 11.2. The van der Waals surface area contributed by atoms with Crippen LogP contribution in [0.3, 0.4) is 0 Å². The molecule has 5 rings (SSSR count).